The van der Waals surface area contributed by atoms with Gasteiger partial charge in [0.2, 0.25) is 0 Å². The summed E-state index contributed by atoms with van der Waals surface area (Å²) in [5, 5.41) is 4.24. The smallest absolute Gasteiger partial charge is 0.253 e. The maximum Gasteiger partial charge on any atom is 0.253 e. The molecule has 2 aromatic carbocycles. The van der Waals surface area contributed by atoms with Crippen LogP contribution >= 0.6 is 0 Å². The number of carbonyl (C=O) groups excluding carboxylic acids is 1. The molecule has 162 valence electrons. The zero-order valence-corrected chi connectivity index (χ0v) is 18.0. The molecule has 0 spiro atoms. The number of amides is 1. The molecule has 1 saturated heterocycles. The van der Waals surface area contributed by atoms with Gasteiger partial charge >= 0.3 is 0 Å². The van der Waals surface area contributed by atoms with Gasteiger partial charge in [-0.3, -0.25) is 4.79 Å². The Morgan fingerprint density at radius 3 is 2.61 bits per heavy atom. The summed E-state index contributed by atoms with van der Waals surface area (Å²) in [6.07, 6.45) is 6.72. The number of benzene rings is 2. The zero-order chi connectivity index (χ0) is 21.6. The van der Waals surface area contributed by atoms with Gasteiger partial charge in [-0.05, 0) is 80.2 Å². The molecule has 6 heteroatoms. The van der Waals surface area contributed by atoms with Crippen LogP contribution in [0.5, 0.6) is 0 Å². The quantitative estimate of drug-likeness (QED) is 0.579. The van der Waals surface area contributed by atoms with Crippen LogP contribution in [0.25, 0.3) is 5.69 Å². The van der Waals surface area contributed by atoms with Gasteiger partial charge in [0.1, 0.15) is 5.82 Å². The summed E-state index contributed by atoms with van der Waals surface area (Å²) in [5.74, 6) is 0.384. The lowest BCUT2D eigenvalue weighted by molar-refractivity contribution is 0.0740. The van der Waals surface area contributed by atoms with Gasteiger partial charge in [-0.25, -0.2) is 9.07 Å². The standard InChI is InChI=1S/C25H29FN4O/c1-28(25(31)22-4-2-5-24(18-22)30-14-3-13-27-30)19-21-11-16-29(17-12-21)15-10-20-6-8-23(26)9-7-20/h2-9,13-14,18,21H,10-12,15-17,19H2,1H3. The fourth-order valence-corrected chi connectivity index (χ4v) is 4.22. The molecule has 0 unspecified atom stereocenters. The number of carbonyl (C=O) groups is 1. The van der Waals surface area contributed by atoms with Crippen molar-refractivity contribution in [1.82, 2.24) is 19.6 Å². The van der Waals surface area contributed by atoms with Crippen LogP contribution in [0.3, 0.4) is 0 Å². The molecule has 0 bridgehead atoms. The van der Waals surface area contributed by atoms with Crippen molar-refractivity contribution < 1.29 is 9.18 Å². The highest BCUT2D eigenvalue weighted by molar-refractivity contribution is 5.94. The van der Waals surface area contributed by atoms with Gasteiger partial charge in [0.15, 0.2) is 0 Å². The van der Waals surface area contributed by atoms with Crippen molar-refractivity contribution >= 4 is 5.91 Å². The highest BCUT2D eigenvalue weighted by Crippen LogP contribution is 2.20. The van der Waals surface area contributed by atoms with Crippen LogP contribution in [0.15, 0.2) is 67.0 Å². The van der Waals surface area contributed by atoms with Crippen molar-refractivity contribution in [3.63, 3.8) is 0 Å². The monoisotopic (exact) mass is 420 g/mol. The van der Waals surface area contributed by atoms with E-state index in [4.69, 9.17) is 0 Å². The van der Waals surface area contributed by atoms with E-state index in [0.29, 0.717) is 11.5 Å². The van der Waals surface area contributed by atoms with E-state index < -0.39 is 0 Å². The Hall–Kier alpha value is -2.99. The van der Waals surface area contributed by atoms with Crippen molar-refractivity contribution in [2.45, 2.75) is 19.3 Å². The third-order valence-corrected chi connectivity index (χ3v) is 6.08. The molecule has 4 rings (SSSR count). The van der Waals surface area contributed by atoms with Gasteiger partial charge in [0.25, 0.3) is 5.91 Å². The minimum absolute atomic E-state index is 0.0488. The maximum atomic E-state index is 13.0. The SMILES string of the molecule is CN(CC1CCN(CCc2ccc(F)cc2)CC1)C(=O)c1cccc(-n2cccn2)c1. The average Bonchev–Trinajstić information content (AvgIpc) is 3.34. The Balaban J connectivity index is 1.25. The van der Waals surface area contributed by atoms with E-state index in [1.54, 1.807) is 10.9 Å². The van der Waals surface area contributed by atoms with Crippen LogP contribution in [-0.2, 0) is 6.42 Å². The van der Waals surface area contributed by atoms with E-state index >= 15 is 0 Å². The molecule has 1 aliphatic heterocycles. The molecule has 0 aliphatic carbocycles. The number of piperidine rings is 1. The van der Waals surface area contributed by atoms with E-state index in [1.807, 2.05) is 60.6 Å². The van der Waals surface area contributed by atoms with Crippen molar-refractivity contribution in [3.05, 3.63) is 83.9 Å². The summed E-state index contributed by atoms with van der Waals surface area (Å²) < 4.78 is 14.8. The lowest BCUT2D eigenvalue weighted by Gasteiger charge is -2.34. The second-order valence-corrected chi connectivity index (χ2v) is 8.35. The summed E-state index contributed by atoms with van der Waals surface area (Å²) in [4.78, 5) is 17.3. The average molecular weight is 421 g/mol. The largest absolute Gasteiger partial charge is 0.341 e. The van der Waals surface area contributed by atoms with Crippen LogP contribution in [0.2, 0.25) is 0 Å². The fraction of sp³-hybridized carbons (Fsp3) is 0.360. The van der Waals surface area contributed by atoms with Crippen LogP contribution in [0.4, 0.5) is 4.39 Å². The molecule has 1 fully saturated rings. The predicted molar refractivity (Wildman–Crippen MR) is 120 cm³/mol. The Morgan fingerprint density at radius 1 is 1.13 bits per heavy atom. The minimum Gasteiger partial charge on any atom is -0.341 e. The van der Waals surface area contributed by atoms with Crippen molar-refractivity contribution in [2.24, 2.45) is 5.92 Å². The molecule has 0 saturated carbocycles. The molecule has 3 aromatic rings. The first kappa shape index (κ1) is 21.2. The van der Waals surface area contributed by atoms with Gasteiger partial charge in [-0.1, -0.05) is 18.2 Å². The lowest BCUT2D eigenvalue weighted by Crippen LogP contribution is -2.40. The second kappa shape index (κ2) is 9.88. The van der Waals surface area contributed by atoms with Crippen molar-refractivity contribution in [2.75, 3.05) is 33.2 Å². The molecule has 0 radical (unpaired) electrons. The molecule has 5 nitrogen and oxygen atoms in total. The molecular weight excluding hydrogens is 391 g/mol. The topological polar surface area (TPSA) is 41.4 Å². The number of rotatable bonds is 7. The first-order chi connectivity index (χ1) is 15.1. The van der Waals surface area contributed by atoms with E-state index in [-0.39, 0.29) is 11.7 Å². The predicted octanol–water partition coefficient (Wildman–Crippen LogP) is 4.04. The third-order valence-electron chi connectivity index (χ3n) is 6.08. The fourth-order valence-electron chi connectivity index (χ4n) is 4.22. The third kappa shape index (κ3) is 5.58. The van der Waals surface area contributed by atoms with Crippen LogP contribution < -0.4 is 0 Å². The van der Waals surface area contributed by atoms with Gasteiger partial charge in [0.05, 0.1) is 5.69 Å². The summed E-state index contributed by atoms with van der Waals surface area (Å²) in [5.41, 5.74) is 2.75. The highest BCUT2D eigenvalue weighted by Gasteiger charge is 2.22. The van der Waals surface area contributed by atoms with Crippen LogP contribution in [0, 0.1) is 11.7 Å². The molecule has 2 heterocycles. The number of aromatic nitrogens is 2. The summed E-state index contributed by atoms with van der Waals surface area (Å²) in [6, 6.07) is 16.3. The Morgan fingerprint density at radius 2 is 1.90 bits per heavy atom. The Bertz CT molecular complexity index is 979. The van der Waals surface area contributed by atoms with Gasteiger partial charge in [-0.2, -0.15) is 5.10 Å². The number of nitrogens with zero attached hydrogens (tertiary/aromatic N) is 4. The number of likely N-dealkylation sites (tertiary alicyclic amines) is 1. The van der Waals surface area contributed by atoms with Crippen LogP contribution in [0.1, 0.15) is 28.8 Å². The molecule has 1 aromatic heterocycles. The summed E-state index contributed by atoms with van der Waals surface area (Å²) in [6.45, 7) is 3.86. The van der Waals surface area contributed by atoms with E-state index in [1.165, 1.54) is 17.7 Å². The molecule has 1 amide bonds. The zero-order valence-electron chi connectivity index (χ0n) is 18.0. The van der Waals surface area contributed by atoms with Gasteiger partial charge in [-0.15, -0.1) is 0 Å². The van der Waals surface area contributed by atoms with Crippen molar-refractivity contribution in [1.29, 1.82) is 0 Å². The van der Waals surface area contributed by atoms with E-state index in [9.17, 15) is 9.18 Å². The number of halogens is 1. The number of hydrogen-bond acceptors (Lipinski definition) is 3. The first-order valence-corrected chi connectivity index (χ1v) is 10.9. The van der Waals surface area contributed by atoms with Gasteiger partial charge in [0, 0.05) is 38.1 Å². The second-order valence-electron chi connectivity index (χ2n) is 8.35. The Kier molecular flexibility index (Phi) is 6.77. The summed E-state index contributed by atoms with van der Waals surface area (Å²) in [7, 11) is 1.89. The number of hydrogen-bond donors (Lipinski definition) is 0. The molecular formula is C25H29FN4O. The molecule has 0 atom stereocenters. The Labute approximate surface area is 183 Å². The van der Waals surface area contributed by atoms with Crippen molar-refractivity contribution in [3.8, 4) is 5.69 Å². The van der Waals surface area contributed by atoms with Gasteiger partial charge < -0.3 is 9.80 Å². The molecule has 31 heavy (non-hydrogen) atoms. The molecule has 1 aliphatic rings. The van der Waals surface area contributed by atoms with E-state index in [0.717, 1.165) is 51.1 Å². The molecule has 0 N–H and O–H groups in total. The van der Waals surface area contributed by atoms with E-state index in [2.05, 4.69) is 10.00 Å². The first-order valence-electron chi connectivity index (χ1n) is 10.9. The maximum absolute atomic E-state index is 13.0. The van der Waals surface area contributed by atoms with Crippen LogP contribution in [-0.4, -0.2) is 58.7 Å². The highest BCUT2D eigenvalue weighted by atomic mass is 19.1. The minimum atomic E-state index is -0.184. The summed E-state index contributed by atoms with van der Waals surface area (Å²) >= 11 is 0. The lowest BCUT2D eigenvalue weighted by atomic mass is 9.95. The normalized spacial score (nSPS) is 15.2.